The van der Waals surface area contributed by atoms with Crippen molar-refractivity contribution in [2.75, 3.05) is 6.61 Å². The van der Waals surface area contributed by atoms with Gasteiger partial charge in [-0.2, -0.15) is 0 Å². The van der Waals surface area contributed by atoms with E-state index >= 15 is 0 Å². The lowest BCUT2D eigenvalue weighted by molar-refractivity contribution is -0.201. The van der Waals surface area contributed by atoms with Gasteiger partial charge >= 0.3 is 11.9 Å². The number of carbonyl (C=O) groups is 2. The van der Waals surface area contributed by atoms with Gasteiger partial charge in [0.1, 0.15) is 12.7 Å². The first-order valence-corrected chi connectivity index (χ1v) is 9.65. The molecule has 146 valence electrons. The highest BCUT2D eigenvalue weighted by atomic mass is 16.6. The summed E-state index contributed by atoms with van der Waals surface area (Å²) in [6.07, 6.45) is 2.78. The van der Waals surface area contributed by atoms with Gasteiger partial charge in [0.25, 0.3) is 0 Å². The Hall–Kier alpha value is -1.86. The summed E-state index contributed by atoms with van der Waals surface area (Å²) in [5.41, 5.74) is -0.874. The van der Waals surface area contributed by atoms with Crippen molar-refractivity contribution in [2.24, 2.45) is 28.6 Å². The number of furan rings is 1. The van der Waals surface area contributed by atoms with Crippen molar-refractivity contribution in [3.8, 4) is 0 Å². The molecular formula is C20H24O7. The fourth-order valence-corrected chi connectivity index (χ4v) is 6.50. The van der Waals surface area contributed by atoms with E-state index in [2.05, 4.69) is 0 Å². The topological polar surface area (TPSA) is 106 Å². The minimum atomic E-state index is -0.852. The van der Waals surface area contributed by atoms with Crippen LogP contribution >= 0.6 is 0 Å². The highest BCUT2D eigenvalue weighted by Gasteiger charge is 2.73. The van der Waals surface area contributed by atoms with Crippen LogP contribution in [-0.2, 0) is 19.1 Å². The van der Waals surface area contributed by atoms with Crippen LogP contribution < -0.4 is 0 Å². The maximum Gasteiger partial charge on any atom is 0.313 e. The molecule has 27 heavy (non-hydrogen) atoms. The Morgan fingerprint density at radius 2 is 2.00 bits per heavy atom. The van der Waals surface area contributed by atoms with Crippen molar-refractivity contribution in [3.63, 3.8) is 0 Å². The summed E-state index contributed by atoms with van der Waals surface area (Å²) in [5.74, 6) is -1.75. The minimum Gasteiger partial charge on any atom is -0.472 e. The van der Waals surface area contributed by atoms with Crippen LogP contribution in [0.4, 0.5) is 0 Å². The molecule has 0 bridgehead atoms. The van der Waals surface area contributed by atoms with Crippen molar-refractivity contribution < 1.29 is 33.7 Å². The van der Waals surface area contributed by atoms with E-state index in [1.807, 2.05) is 6.92 Å². The molecule has 0 radical (unpaired) electrons. The van der Waals surface area contributed by atoms with E-state index in [4.69, 9.17) is 13.9 Å². The SMILES string of the molecule is C[C@@H]1C[C@@H](O)[C@@]23COC(=O)C2C[C@@H](O)C[C@@H]3[C@@]12C[C@@H](c1ccoc1)OC2=O. The summed E-state index contributed by atoms with van der Waals surface area (Å²) in [4.78, 5) is 25.7. The maximum absolute atomic E-state index is 13.3. The third-order valence-corrected chi connectivity index (χ3v) is 7.83. The van der Waals surface area contributed by atoms with Gasteiger partial charge in [0, 0.05) is 17.4 Å². The van der Waals surface area contributed by atoms with Crippen molar-refractivity contribution in [1.82, 2.24) is 0 Å². The van der Waals surface area contributed by atoms with E-state index < -0.39 is 35.1 Å². The maximum atomic E-state index is 13.3. The van der Waals surface area contributed by atoms with Gasteiger partial charge in [-0.15, -0.1) is 0 Å². The lowest BCUT2D eigenvalue weighted by atomic mass is 9.43. The molecule has 0 amide bonds. The standard InChI is InChI=1S/C20H24O7/c1-10-4-16(22)20-9-26-17(23)13(20)5-12(21)6-15(20)19(10)7-14(27-18(19)24)11-2-3-25-8-11/h2-3,8,10,12-16,21-22H,4-7,9H2,1H3/t10-,12-,13?,14+,15-,16-,19-,20+/m1/s1. The number of carbonyl (C=O) groups excluding carboxylic acids is 2. The van der Waals surface area contributed by atoms with Gasteiger partial charge < -0.3 is 24.1 Å². The summed E-state index contributed by atoms with van der Waals surface area (Å²) >= 11 is 0. The van der Waals surface area contributed by atoms with Crippen LogP contribution in [-0.4, -0.2) is 41.0 Å². The number of hydrogen-bond donors (Lipinski definition) is 2. The third-order valence-electron chi connectivity index (χ3n) is 7.83. The highest BCUT2D eigenvalue weighted by molar-refractivity contribution is 5.82. The van der Waals surface area contributed by atoms with E-state index in [9.17, 15) is 19.8 Å². The normalized spacial score (nSPS) is 48.9. The molecule has 2 aliphatic heterocycles. The number of aliphatic hydroxyl groups is 2. The molecule has 5 rings (SSSR count). The Bertz CT molecular complexity index is 773. The molecular weight excluding hydrogens is 352 g/mol. The van der Waals surface area contributed by atoms with Crippen LogP contribution in [0.15, 0.2) is 23.0 Å². The monoisotopic (exact) mass is 376 g/mol. The lowest BCUT2D eigenvalue weighted by Crippen LogP contribution is -2.64. The summed E-state index contributed by atoms with van der Waals surface area (Å²) in [5, 5.41) is 21.5. The Labute approximate surface area is 156 Å². The fourth-order valence-electron chi connectivity index (χ4n) is 6.50. The quantitative estimate of drug-likeness (QED) is 0.717. The van der Waals surface area contributed by atoms with Crippen molar-refractivity contribution in [1.29, 1.82) is 0 Å². The highest BCUT2D eigenvalue weighted by Crippen LogP contribution is 2.68. The average molecular weight is 376 g/mol. The second-order valence-corrected chi connectivity index (χ2v) is 8.80. The van der Waals surface area contributed by atoms with Gasteiger partial charge in [-0.3, -0.25) is 9.59 Å². The van der Waals surface area contributed by atoms with Crippen LogP contribution in [0.5, 0.6) is 0 Å². The van der Waals surface area contributed by atoms with Crippen LogP contribution in [0.2, 0.25) is 0 Å². The number of ether oxygens (including phenoxy) is 2. The molecule has 8 atom stereocenters. The molecule has 1 aromatic heterocycles. The minimum absolute atomic E-state index is 0.104. The van der Waals surface area contributed by atoms with Crippen LogP contribution in [0.1, 0.15) is 44.3 Å². The summed E-state index contributed by atoms with van der Waals surface area (Å²) in [6.45, 7) is 2.07. The fraction of sp³-hybridized carbons (Fsp3) is 0.700. The van der Waals surface area contributed by atoms with Crippen LogP contribution in [0.25, 0.3) is 0 Å². The molecule has 1 unspecified atom stereocenters. The first-order chi connectivity index (χ1) is 12.9. The van der Waals surface area contributed by atoms with Gasteiger partial charge in [0.05, 0.1) is 36.1 Å². The smallest absolute Gasteiger partial charge is 0.313 e. The molecule has 2 N–H and O–H groups in total. The first-order valence-electron chi connectivity index (χ1n) is 9.65. The molecule has 3 heterocycles. The number of rotatable bonds is 1. The number of cyclic esters (lactones) is 2. The van der Waals surface area contributed by atoms with E-state index in [1.165, 1.54) is 0 Å². The molecule has 4 aliphatic rings. The molecule has 1 aromatic rings. The number of aliphatic hydroxyl groups excluding tert-OH is 2. The van der Waals surface area contributed by atoms with E-state index in [0.29, 0.717) is 19.3 Å². The number of esters is 2. The summed E-state index contributed by atoms with van der Waals surface area (Å²) in [6, 6.07) is 1.79. The Kier molecular flexibility index (Phi) is 3.56. The second kappa shape index (κ2) is 5.58. The van der Waals surface area contributed by atoms with Crippen molar-refractivity contribution in [3.05, 3.63) is 24.2 Å². The van der Waals surface area contributed by atoms with Gasteiger partial charge in [-0.25, -0.2) is 0 Å². The lowest BCUT2D eigenvalue weighted by Gasteiger charge is -2.58. The molecule has 2 saturated heterocycles. The predicted octanol–water partition coefficient (Wildman–Crippen LogP) is 1.58. The summed E-state index contributed by atoms with van der Waals surface area (Å²) < 4.78 is 16.3. The van der Waals surface area contributed by atoms with E-state index in [1.54, 1.807) is 18.6 Å². The molecule has 0 aromatic carbocycles. The number of hydrogen-bond acceptors (Lipinski definition) is 7. The zero-order valence-electron chi connectivity index (χ0n) is 15.2. The molecule has 2 spiro atoms. The zero-order chi connectivity index (χ0) is 19.0. The molecule has 7 nitrogen and oxygen atoms in total. The van der Waals surface area contributed by atoms with Crippen LogP contribution in [0, 0.1) is 28.6 Å². The average Bonchev–Trinajstić information content (AvgIpc) is 3.33. The Morgan fingerprint density at radius 3 is 2.74 bits per heavy atom. The molecule has 7 heteroatoms. The van der Waals surface area contributed by atoms with Gasteiger partial charge in [-0.05, 0) is 37.2 Å². The van der Waals surface area contributed by atoms with E-state index in [0.717, 1.165) is 5.56 Å². The predicted molar refractivity (Wildman–Crippen MR) is 90.0 cm³/mol. The Morgan fingerprint density at radius 1 is 1.19 bits per heavy atom. The largest absolute Gasteiger partial charge is 0.472 e. The van der Waals surface area contributed by atoms with Crippen molar-refractivity contribution >= 4 is 11.9 Å². The first kappa shape index (κ1) is 17.3. The second-order valence-electron chi connectivity index (χ2n) is 8.80. The van der Waals surface area contributed by atoms with Crippen LogP contribution in [0.3, 0.4) is 0 Å². The summed E-state index contributed by atoms with van der Waals surface area (Å²) in [7, 11) is 0. The Balaban J connectivity index is 1.62. The zero-order valence-corrected chi connectivity index (χ0v) is 15.2. The van der Waals surface area contributed by atoms with Crippen molar-refractivity contribution in [2.45, 2.75) is 50.9 Å². The molecule has 2 aliphatic carbocycles. The third kappa shape index (κ3) is 2.04. The molecule has 2 saturated carbocycles. The van der Waals surface area contributed by atoms with Gasteiger partial charge in [-0.1, -0.05) is 6.92 Å². The van der Waals surface area contributed by atoms with E-state index in [-0.39, 0.29) is 36.8 Å². The number of fused-ring (bicyclic) bond motifs is 1. The van der Waals surface area contributed by atoms with Gasteiger partial charge in [0.2, 0.25) is 0 Å². The molecule has 4 fully saturated rings. The van der Waals surface area contributed by atoms with Gasteiger partial charge in [0.15, 0.2) is 0 Å².